The van der Waals surface area contributed by atoms with Crippen molar-refractivity contribution in [2.45, 2.75) is 131 Å². The first-order valence-corrected chi connectivity index (χ1v) is 18.7. The van der Waals surface area contributed by atoms with E-state index in [1.165, 1.54) is 11.6 Å². The van der Waals surface area contributed by atoms with E-state index < -0.39 is 17.3 Å². The molecule has 2 aromatic carbocycles. The lowest BCUT2D eigenvalue weighted by Gasteiger charge is -2.24. The van der Waals surface area contributed by atoms with Gasteiger partial charge >= 0.3 is 18.0 Å². The van der Waals surface area contributed by atoms with Gasteiger partial charge in [-0.3, -0.25) is 0 Å². The Morgan fingerprint density at radius 1 is 0.788 bits per heavy atom. The van der Waals surface area contributed by atoms with Crippen molar-refractivity contribution < 1.29 is 38.5 Å². The number of aliphatic hydroxyl groups is 1. The van der Waals surface area contributed by atoms with E-state index in [9.17, 15) is 19.5 Å². The number of nitrogens with zero attached hydrogens (tertiary/aromatic N) is 1. The molecule has 2 N–H and O–H groups in total. The SMILES string of the molecule is CCN=C=O.CCNC(=O)OC1=C(c2c(C)cc(C)cc2CC)C(=O)OC12CCCC2.CCc1cc(C)cc(C)c1C1=C(O)C2(CCCC2)OC1=O. The first-order chi connectivity index (χ1) is 24.8. The molecule has 0 aromatic heterocycles. The largest absolute Gasteiger partial charge is 0.507 e. The minimum Gasteiger partial charge on any atom is -0.507 e. The molecule has 2 fully saturated rings. The summed E-state index contributed by atoms with van der Waals surface area (Å²) in [4.78, 5) is 49.8. The molecule has 10 nitrogen and oxygen atoms in total. The van der Waals surface area contributed by atoms with Crippen molar-refractivity contribution in [1.29, 1.82) is 0 Å². The van der Waals surface area contributed by atoms with Crippen LogP contribution in [-0.4, -0.2) is 53.5 Å². The Bertz CT molecular complexity index is 1800. The number of carbonyl (C=O) groups excluding carboxylic acids is 4. The monoisotopic (exact) mass is 714 g/mol. The summed E-state index contributed by atoms with van der Waals surface area (Å²) in [6.07, 6.45) is 9.25. The molecule has 2 aliphatic heterocycles. The molecule has 0 radical (unpaired) electrons. The van der Waals surface area contributed by atoms with Gasteiger partial charge in [-0.1, -0.05) is 49.2 Å². The highest BCUT2D eigenvalue weighted by Gasteiger charge is 2.53. The maximum atomic E-state index is 12.9. The standard InChI is InChI=1S/C21H27NO4.C18H22O3.C3H5NO/c1-5-15-12-13(3)11-14(4)16(15)17-18(25-20(24)22-6-2)21(26-19(17)23)9-7-8-10-21;1-4-13-10-11(2)9-12(3)14(13)15-16(19)18(21-17(15)20)7-5-6-8-18;1-2-4-3-5/h11-12H,5-10H2,1-4H3,(H,22,24);9-10,19H,4-8H2,1-3H3;2H2,1H3. The average Bonchev–Trinajstić information content (AvgIpc) is 3.87. The van der Waals surface area contributed by atoms with Crippen LogP contribution in [0.5, 0.6) is 0 Å². The maximum Gasteiger partial charge on any atom is 0.412 e. The zero-order chi connectivity index (χ0) is 38.2. The van der Waals surface area contributed by atoms with Gasteiger partial charge in [0.15, 0.2) is 22.7 Å². The lowest BCUT2D eigenvalue weighted by Crippen LogP contribution is -2.33. The Hall–Kier alpha value is -4.69. The smallest absolute Gasteiger partial charge is 0.412 e. The third-order valence-electron chi connectivity index (χ3n) is 10.2. The number of carbonyl (C=O) groups is 3. The molecular formula is C42H54N2O8. The number of amides is 1. The zero-order valence-electron chi connectivity index (χ0n) is 32.0. The number of esters is 2. The Morgan fingerprint density at radius 2 is 1.25 bits per heavy atom. The number of alkyl carbamates (subject to hydrolysis) is 1. The second-order valence-electron chi connectivity index (χ2n) is 14.0. The minimum absolute atomic E-state index is 0.159. The predicted octanol–water partition coefficient (Wildman–Crippen LogP) is 8.54. The average molecular weight is 715 g/mol. The first kappa shape index (κ1) is 40.1. The molecule has 10 heteroatoms. The van der Waals surface area contributed by atoms with Crippen LogP contribution in [0.1, 0.15) is 124 Å². The number of nitrogens with one attached hydrogen (secondary N) is 1. The van der Waals surface area contributed by atoms with Crippen LogP contribution in [0.2, 0.25) is 0 Å². The summed E-state index contributed by atoms with van der Waals surface area (Å²) in [6.45, 7) is 16.8. The first-order valence-electron chi connectivity index (χ1n) is 18.7. The van der Waals surface area contributed by atoms with Crippen LogP contribution >= 0.6 is 0 Å². The normalized spacial score (nSPS) is 18.0. The number of hydrogen-bond donors (Lipinski definition) is 2. The van der Waals surface area contributed by atoms with Gasteiger partial charge in [0.25, 0.3) is 0 Å². The third-order valence-corrected chi connectivity index (χ3v) is 10.2. The van der Waals surface area contributed by atoms with Gasteiger partial charge in [0.2, 0.25) is 6.08 Å². The molecule has 52 heavy (non-hydrogen) atoms. The number of isocyanates is 1. The highest BCUT2D eigenvalue weighted by Crippen LogP contribution is 2.50. The van der Waals surface area contributed by atoms with Crippen molar-refractivity contribution in [3.05, 3.63) is 80.3 Å². The number of aryl methyl sites for hydroxylation is 6. The summed E-state index contributed by atoms with van der Waals surface area (Å²) in [5.41, 5.74) is 7.53. The van der Waals surface area contributed by atoms with Gasteiger partial charge < -0.3 is 24.6 Å². The highest BCUT2D eigenvalue weighted by atomic mass is 16.6. The number of benzene rings is 2. The Labute approximate surface area is 307 Å². The van der Waals surface area contributed by atoms with Crippen LogP contribution in [0.15, 0.2) is 40.8 Å². The van der Waals surface area contributed by atoms with Crippen LogP contribution < -0.4 is 5.32 Å². The van der Waals surface area contributed by atoms with Crippen LogP contribution in [0.3, 0.4) is 0 Å². The van der Waals surface area contributed by atoms with Crippen LogP contribution in [0.25, 0.3) is 11.1 Å². The molecule has 0 bridgehead atoms. The fraction of sp³-hybridized carbons (Fsp3) is 0.524. The number of ether oxygens (including phenoxy) is 3. The van der Waals surface area contributed by atoms with Gasteiger partial charge in [0.05, 0.1) is 0 Å². The van der Waals surface area contributed by atoms with E-state index >= 15 is 0 Å². The molecule has 0 unspecified atom stereocenters. The molecule has 2 aliphatic carbocycles. The maximum absolute atomic E-state index is 12.9. The van der Waals surface area contributed by atoms with Crippen molar-refractivity contribution in [2.24, 2.45) is 4.99 Å². The van der Waals surface area contributed by atoms with E-state index in [0.29, 0.717) is 42.8 Å². The van der Waals surface area contributed by atoms with Crippen LogP contribution in [-0.2, 0) is 41.4 Å². The second-order valence-corrected chi connectivity index (χ2v) is 14.0. The molecule has 0 atom stereocenters. The third kappa shape index (κ3) is 8.18. The molecule has 280 valence electrons. The summed E-state index contributed by atoms with van der Waals surface area (Å²) < 4.78 is 17.1. The Morgan fingerprint density at radius 3 is 1.69 bits per heavy atom. The van der Waals surface area contributed by atoms with E-state index in [1.807, 2.05) is 27.7 Å². The molecule has 2 aromatic rings. The van der Waals surface area contributed by atoms with E-state index in [4.69, 9.17) is 19.0 Å². The molecule has 6 rings (SSSR count). The lowest BCUT2D eigenvalue weighted by atomic mass is 9.88. The second kappa shape index (κ2) is 17.2. The van der Waals surface area contributed by atoms with Crippen LogP contribution in [0, 0.1) is 27.7 Å². The lowest BCUT2D eigenvalue weighted by molar-refractivity contribution is -0.147. The highest BCUT2D eigenvalue weighted by molar-refractivity contribution is 6.21. The Balaban J connectivity index is 0.000000209. The van der Waals surface area contributed by atoms with Gasteiger partial charge in [0.1, 0.15) is 11.1 Å². The zero-order valence-corrected chi connectivity index (χ0v) is 32.0. The van der Waals surface area contributed by atoms with Gasteiger partial charge in [0, 0.05) is 13.1 Å². The number of aliphatic hydroxyl groups excluding tert-OH is 1. The van der Waals surface area contributed by atoms with Crippen molar-refractivity contribution in [1.82, 2.24) is 5.32 Å². The summed E-state index contributed by atoms with van der Waals surface area (Å²) in [6, 6.07) is 8.29. The minimum atomic E-state index is -0.792. The predicted molar refractivity (Wildman–Crippen MR) is 200 cm³/mol. The fourth-order valence-corrected chi connectivity index (χ4v) is 8.06. The van der Waals surface area contributed by atoms with E-state index in [2.05, 4.69) is 55.3 Å². The summed E-state index contributed by atoms with van der Waals surface area (Å²) in [5.74, 6) is -0.192. The topological polar surface area (TPSA) is 141 Å². The number of hydrogen-bond acceptors (Lipinski definition) is 9. The molecule has 2 saturated carbocycles. The van der Waals surface area contributed by atoms with Crippen molar-refractivity contribution in [3.63, 3.8) is 0 Å². The summed E-state index contributed by atoms with van der Waals surface area (Å²) in [5, 5.41) is 13.4. The fourth-order valence-electron chi connectivity index (χ4n) is 8.06. The molecule has 1 amide bonds. The van der Waals surface area contributed by atoms with Crippen molar-refractivity contribution in [2.75, 3.05) is 13.1 Å². The van der Waals surface area contributed by atoms with E-state index in [-0.39, 0.29) is 17.7 Å². The van der Waals surface area contributed by atoms with Gasteiger partial charge in [-0.05, 0) is 139 Å². The van der Waals surface area contributed by atoms with Crippen molar-refractivity contribution >= 4 is 35.3 Å². The van der Waals surface area contributed by atoms with Gasteiger partial charge in [-0.25, -0.2) is 24.2 Å². The number of rotatable bonds is 7. The van der Waals surface area contributed by atoms with E-state index in [1.54, 1.807) is 6.92 Å². The summed E-state index contributed by atoms with van der Waals surface area (Å²) >= 11 is 0. The molecule has 0 saturated heterocycles. The summed E-state index contributed by atoms with van der Waals surface area (Å²) in [7, 11) is 0. The van der Waals surface area contributed by atoms with Gasteiger partial charge in [-0.2, -0.15) is 0 Å². The number of aliphatic imine (C=N–C) groups is 1. The molecular weight excluding hydrogens is 660 g/mol. The molecule has 2 spiro atoms. The molecule has 2 heterocycles. The molecule has 4 aliphatic rings. The van der Waals surface area contributed by atoms with Crippen molar-refractivity contribution in [3.8, 4) is 0 Å². The quantitative estimate of drug-likeness (QED) is 0.126. The van der Waals surface area contributed by atoms with Crippen LogP contribution in [0.4, 0.5) is 4.79 Å². The Kier molecular flexibility index (Phi) is 13.3. The van der Waals surface area contributed by atoms with E-state index in [0.717, 1.165) is 90.3 Å². The van der Waals surface area contributed by atoms with Gasteiger partial charge in [-0.15, -0.1) is 0 Å².